The first-order chi connectivity index (χ1) is 10.2. The van der Waals surface area contributed by atoms with E-state index in [9.17, 15) is 9.59 Å². The van der Waals surface area contributed by atoms with E-state index in [4.69, 9.17) is 4.74 Å². The van der Waals surface area contributed by atoms with E-state index in [1.54, 1.807) is 37.4 Å². The molecule has 1 amide bonds. The fourth-order valence-corrected chi connectivity index (χ4v) is 2.34. The zero-order valence-corrected chi connectivity index (χ0v) is 12.2. The number of hydrogen-bond donors (Lipinski definition) is 1. The molecule has 0 fully saturated rings. The molecule has 21 heavy (non-hydrogen) atoms. The van der Waals surface area contributed by atoms with Crippen LogP contribution in [0.1, 0.15) is 23.0 Å². The Morgan fingerprint density at radius 2 is 2.24 bits per heavy atom. The number of thiophene rings is 1. The van der Waals surface area contributed by atoms with Crippen LogP contribution in [0.2, 0.25) is 0 Å². The van der Waals surface area contributed by atoms with Crippen molar-refractivity contribution in [2.24, 2.45) is 0 Å². The van der Waals surface area contributed by atoms with Crippen LogP contribution in [0, 0.1) is 0 Å². The zero-order chi connectivity index (χ0) is 15.1. The number of hydrogen-bond acceptors (Lipinski definition) is 5. The van der Waals surface area contributed by atoms with Gasteiger partial charge in [-0.1, -0.05) is 6.07 Å². The van der Waals surface area contributed by atoms with Crippen molar-refractivity contribution >= 4 is 34.3 Å². The summed E-state index contributed by atoms with van der Waals surface area (Å²) >= 11 is 1.36. The van der Waals surface area contributed by atoms with Crippen LogP contribution < -0.4 is 5.32 Å². The summed E-state index contributed by atoms with van der Waals surface area (Å²) < 4.78 is 4.82. The van der Waals surface area contributed by atoms with Crippen molar-refractivity contribution in [2.75, 3.05) is 11.9 Å². The maximum Gasteiger partial charge on any atom is 0.412 e. The van der Waals surface area contributed by atoms with E-state index in [2.05, 4.69) is 10.3 Å². The Morgan fingerprint density at radius 3 is 2.95 bits per heavy atom. The molecule has 6 heteroatoms. The summed E-state index contributed by atoms with van der Waals surface area (Å²) in [6.45, 7) is 2.04. The normalized spacial score (nSPS) is 10.5. The monoisotopic (exact) mass is 302 g/mol. The number of rotatable bonds is 5. The third kappa shape index (κ3) is 4.25. The minimum Gasteiger partial charge on any atom is -0.450 e. The van der Waals surface area contributed by atoms with Crippen LogP contribution in [-0.2, 0) is 4.74 Å². The zero-order valence-electron chi connectivity index (χ0n) is 11.4. The van der Waals surface area contributed by atoms with E-state index < -0.39 is 6.09 Å². The first-order valence-electron chi connectivity index (χ1n) is 6.35. The number of ketones is 1. The lowest BCUT2D eigenvalue weighted by Crippen LogP contribution is -2.12. The van der Waals surface area contributed by atoms with Crippen molar-refractivity contribution in [3.8, 4) is 0 Å². The van der Waals surface area contributed by atoms with E-state index in [0.717, 1.165) is 5.56 Å². The van der Waals surface area contributed by atoms with E-state index in [-0.39, 0.29) is 5.78 Å². The molecule has 2 heterocycles. The van der Waals surface area contributed by atoms with Gasteiger partial charge >= 0.3 is 6.09 Å². The van der Waals surface area contributed by atoms with Crippen molar-refractivity contribution in [3.63, 3.8) is 0 Å². The molecule has 0 aromatic carbocycles. The van der Waals surface area contributed by atoms with E-state index in [1.807, 2.05) is 11.4 Å². The summed E-state index contributed by atoms with van der Waals surface area (Å²) in [5.74, 6) is -0.191. The summed E-state index contributed by atoms with van der Waals surface area (Å²) in [5.41, 5.74) is 1.13. The average molecular weight is 302 g/mol. The fraction of sp³-hybridized carbons (Fsp3) is 0.133. The van der Waals surface area contributed by atoms with Gasteiger partial charge in [-0.3, -0.25) is 15.1 Å². The third-order valence-corrected chi connectivity index (χ3v) is 3.36. The molecule has 0 unspecified atom stereocenters. The van der Waals surface area contributed by atoms with Gasteiger partial charge in [-0.05, 0) is 42.7 Å². The molecule has 0 aliphatic heterocycles. The minimum absolute atomic E-state index is 0.191. The predicted octanol–water partition coefficient (Wildman–Crippen LogP) is 3.61. The van der Waals surface area contributed by atoms with Crippen LogP contribution in [0.25, 0.3) is 6.08 Å². The Hall–Kier alpha value is -2.47. The van der Waals surface area contributed by atoms with Crippen LogP contribution in [0.5, 0.6) is 0 Å². The Kier molecular flexibility index (Phi) is 5.22. The summed E-state index contributed by atoms with van der Waals surface area (Å²) in [5, 5.41) is 5.10. The highest BCUT2D eigenvalue weighted by Crippen LogP contribution is 2.24. The number of nitrogens with one attached hydrogen (secondary N) is 1. The van der Waals surface area contributed by atoms with Crippen LogP contribution >= 0.6 is 11.3 Å². The molecule has 0 spiro atoms. The van der Waals surface area contributed by atoms with Gasteiger partial charge in [0.1, 0.15) is 10.7 Å². The van der Waals surface area contributed by atoms with Crippen LogP contribution in [-0.4, -0.2) is 23.5 Å². The number of aromatic nitrogens is 1. The van der Waals surface area contributed by atoms with Crippen molar-refractivity contribution in [1.29, 1.82) is 0 Å². The lowest BCUT2D eigenvalue weighted by molar-refractivity contribution is 0.104. The van der Waals surface area contributed by atoms with Gasteiger partial charge in [0.05, 0.1) is 6.61 Å². The quantitative estimate of drug-likeness (QED) is 0.676. The Balaban J connectivity index is 2.06. The Morgan fingerprint density at radius 1 is 1.38 bits per heavy atom. The molecule has 0 aliphatic carbocycles. The largest absolute Gasteiger partial charge is 0.450 e. The van der Waals surface area contributed by atoms with Gasteiger partial charge in [-0.15, -0.1) is 11.3 Å². The molecule has 2 aromatic heterocycles. The summed E-state index contributed by atoms with van der Waals surface area (Å²) in [4.78, 5) is 27.3. The van der Waals surface area contributed by atoms with Gasteiger partial charge in [0.25, 0.3) is 0 Å². The predicted molar refractivity (Wildman–Crippen MR) is 82.6 cm³/mol. The molecule has 0 radical (unpaired) electrons. The second-order valence-electron chi connectivity index (χ2n) is 3.96. The second kappa shape index (κ2) is 7.35. The lowest BCUT2D eigenvalue weighted by atomic mass is 10.2. The first-order valence-corrected chi connectivity index (χ1v) is 7.23. The first kappa shape index (κ1) is 14.9. The van der Waals surface area contributed by atoms with E-state index in [1.165, 1.54) is 17.4 Å². The Bertz CT molecular complexity index is 650. The van der Waals surface area contributed by atoms with Crippen molar-refractivity contribution < 1.29 is 14.3 Å². The number of ether oxygens (including phenoxy) is 1. The third-order valence-electron chi connectivity index (χ3n) is 2.52. The lowest BCUT2D eigenvalue weighted by Gasteiger charge is -2.03. The highest BCUT2D eigenvalue weighted by atomic mass is 32.1. The molecule has 0 atom stereocenters. The van der Waals surface area contributed by atoms with Crippen molar-refractivity contribution in [1.82, 2.24) is 4.98 Å². The number of nitrogens with zero attached hydrogens (tertiary/aromatic N) is 1. The average Bonchev–Trinajstić information content (AvgIpc) is 2.93. The summed E-state index contributed by atoms with van der Waals surface area (Å²) in [7, 11) is 0. The van der Waals surface area contributed by atoms with Gasteiger partial charge in [-0.2, -0.15) is 0 Å². The van der Waals surface area contributed by atoms with Gasteiger partial charge in [0, 0.05) is 11.8 Å². The molecule has 2 aromatic rings. The SMILES string of the molecule is CCOC(=O)Nc1sccc1/C=C/C(=O)c1ccccn1. The maximum absolute atomic E-state index is 11.9. The smallest absolute Gasteiger partial charge is 0.412 e. The van der Waals surface area contributed by atoms with Crippen molar-refractivity contribution in [3.05, 3.63) is 53.2 Å². The minimum atomic E-state index is -0.509. The molecular weight excluding hydrogens is 288 g/mol. The molecule has 5 nitrogen and oxygen atoms in total. The van der Waals surface area contributed by atoms with E-state index >= 15 is 0 Å². The highest BCUT2D eigenvalue weighted by Gasteiger charge is 2.08. The molecule has 0 saturated carbocycles. The van der Waals surface area contributed by atoms with Gasteiger partial charge in [0.2, 0.25) is 5.78 Å². The van der Waals surface area contributed by atoms with Gasteiger partial charge in [-0.25, -0.2) is 4.79 Å². The maximum atomic E-state index is 11.9. The molecule has 0 bridgehead atoms. The molecule has 1 N–H and O–H groups in total. The molecule has 2 rings (SSSR count). The number of allylic oxidation sites excluding steroid dienone is 1. The van der Waals surface area contributed by atoms with Crippen LogP contribution in [0.4, 0.5) is 9.80 Å². The van der Waals surface area contributed by atoms with E-state index in [0.29, 0.717) is 17.3 Å². The van der Waals surface area contributed by atoms with Crippen LogP contribution in [0.15, 0.2) is 41.9 Å². The molecule has 108 valence electrons. The highest BCUT2D eigenvalue weighted by molar-refractivity contribution is 7.14. The second-order valence-corrected chi connectivity index (χ2v) is 4.88. The topological polar surface area (TPSA) is 68.3 Å². The molecule has 0 aliphatic rings. The number of amides is 1. The number of carbonyl (C=O) groups excluding carboxylic acids is 2. The number of pyridine rings is 1. The van der Waals surface area contributed by atoms with Crippen molar-refractivity contribution in [2.45, 2.75) is 6.92 Å². The van der Waals surface area contributed by atoms with Crippen LogP contribution in [0.3, 0.4) is 0 Å². The Labute approximate surface area is 126 Å². The number of anilines is 1. The summed E-state index contributed by atoms with van der Waals surface area (Å²) in [6, 6.07) is 6.97. The van der Waals surface area contributed by atoms with Gasteiger partial charge < -0.3 is 4.74 Å². The summed E-state index contributed by atoms with van der Waals surface area (Å²) in [6.07, 6.45) is 4.14. The standard InChI is InChI=1S/C15H14N2O3S/c1-2-20-15(19)17-14-11(8-10-21-14)6-7-13(18)12-5-3-4-9-16-12/h3-10H,2H2,1H3,(H,17,19)/b7-6+. The molecule has 0 saturated heterocycles. The van der Waals surface area contributed by atoms with Gasteiger partial charge in [0.15, 0.2) is 0 Å². The molecular formula is C15H14N2O3S. The number of carbonyl (C=O) groups is 2. The fourth-order valence-electron chi connectivity index (χ4n) is 1.57.